The fourth-order valence-corrected chi connectivity index (χ4v) is 3.46. The number of aliphatic hydroxyl groups is 1. The Morgan fingerprint density at radius 1 is 1.33 bits per heavy atom. The molecule has 0 spiro atoms. The molecule has 27 heavy (non-hydrogen) atoms. The van der Waals surface area contributed by atoms with Gasteiger partial charge in [0, 0.05) is 6.54 Å². The Morgan fingerprint density at radius 3 is 2.63 bits per heavy atom. The zero-order valence-electron chi connectivity index (χ0n) is 15.0. The minimum Gasteiger partial charge on any atom is -0.406 e. The Morgan fingerprint density at radius 2 is 2.07 bits per heavy atom. The van der Waals surface area contributed by atoms with Crippen molar-refractivity contribution < 1.29 is 27.8 Å². The Labute approximate surface area is 155 Å². The van der Waals surface area contributed by atoms with Crippen molar-refractivity contribution in [3.05, 3.63) is 29.8 Å². The second-order valence-electron chi connectivity index (χ2n) is 6.71. The molecule has 2 bridgehead atoms. The number of nitrogens with one attached hydrogen (secondary N) is 2. The van der Waals surface area contributed by atoms with Gasteiger partial charge in [0.1, 0.15) is 5.75 Å². The number of aliphatic hydroxyl groups excluding tert-OH is 1. The number of aliphatic imine (C=N–C) groups is 1. The topological polar surface area (TPSA) is 75.1 Å². The van der Waals surface area contributed by atoms with Crippen molar-refractivity contribution in [2.45, 2.75) is 56.9 Å². The predicted octanol–water partition coefficient (Wildman–Crippen LogP) is 2.49. The van der Waals surface area contributed by atoms with E-state index in [1.54, 1.807) is 0 Å². The maximum atomic E-state index is 12.2. The highest BCUT2D eigenvalue weighted by Gasteiger charge is 2.41. The number of nitrogens with zero attached hydrogens (tertiary/aromatic N) is 1. The lowest BCUT2D eigenvalue weighted by atomic mass is 9.96. The summed E-state index contributed by atoms with van der Waals surface area (Å²) in [7, 11) is 0. The van der Waals surface area contributed by atoms with E-state index in [0.717, 1.165) is 19.3 Å². The molecule has 0 amide bonds. The average Bonchev–Trinajstić information content (AvgIpc) is 3.22. The van der Waals surface area contributed by atoms with Crippen LogP contribution in [0.15, 0.2) is 29.3 Å². The number of benzene rings is 1. The van der Waals surface area contributed by atoms with Gasteiger partial charge in [-0.2, -0.15) is 0 Å². The van der Waals surface area contributed by atoms with Crippen LogP contribution in [-0.4, -0.2) is 48.8 Å². The van der Waals surface area contributed by atoms with Crippen molar-refractivity contribution >= 4 is 5.96 Å². The van der Waals surface area contributed by atoms with Crippen LogP contribution in [0.5, 0.6) is 5.75 Å². The maximum absolute atomic E-state index is 12.2. The van der Waals surface area contributed by atoms with Crippen LogP contribution >= 0.6 is 0 Å². The first-order valence-corrected chi connectivity index (χ1v) is 9.08. The van der Waals surface area contributed by atoms with E-state index in [0.29, 0.717) is 24.2 Å². The first-order valence-electron chi connectivity index (χ1n) is 9.08. The summed E-state index contributed by atoms with van der Waals surface area (Å²) in [4.78, 5) is 4.40. The first-order chi connectivity index (χ1) is 12.8. The van der Waals surface area contributed by atoms with Crippen LogP contribution in [0.25, 0.3) is 0 Å². The molecule has 2 saturated heterocycles. The molecule has 0 radical (unpaired) electrons. The zero-order valence-corrected chi connectivity index (χ0v) is 15.0. The molecule has 2 aliphatic rings. The summed E-state index contributed by atoms with van der Waals surface area (Å²) in [5.41, 5.74) is 0.465. The highest BCUT2D eigenvalue weighted by atomic mass is 19.4. The third-order valence-electron chi connectivity index (χ3n) is 4.69. The van der Waals surface area contributed by atoms with Gasteiger partial charge in [0.25, 0.3) is 0 Å². The normalized spacial score (nSPS) is 26.1. The van der Waals surface area contributed by atoms with Gasteiger partial charge in [-0.05, 0) is 43.9 Å². The summed E-state index contributed by atoms with van der Waals surface area (Å²) in [5, 5.41) is 16.8. The number of fused-ring (bicyclic) bond motifs is 2. The highest BCUT2D eigenvalue weighted by Crippen LogP contribution is 2.34. The van der Waals surface area contributed by atoms with Gasteiger partial charge in [0.15, 0.2) is 5.96 Å². The molecule has 2 aliphatic heterocycles. The zero-order chi connectivity index (χ0) is 19.4. The molecule has 9 heteroatoms. The van der Waals surface area contributed by atoms with E-state index in [-0.39, 0.29) is 24.4 Å². The van der Waals surface area contributed by atoms with Crippen LogP contribution in [0.4, 0.5) is 13.2 Å². The number of hydrogen-bond donors (Lipinski definition) is 3. The van der Waals surface area contributed by atoms with Crippen LogP contribution in [0.1, 0.15) is 37.9 Å². The van der Waals surface area contributed by atoms with E-state index in [4.69, 9.17) is 4.74 Å². The third kappa shape index (κ3) is 5.49. The molecule has 150 valence electrons. The SMILES string of the molecule is CCNC(=NCC(O)c1ccc(OC(F)(F)F)cc1)NC1CC2CCC1O2. The highest BCUT2D eigenvalue weighted by molar-refractivity contribution is 5.80. The monoisotopic (exact) mass is 387 g/mol. The number of hydrogen-bond acceptors (Lipinski definition) is 4. The molecule has 6 nitrogen and oxygen atoms in total. The lowest BCUT2D eigenvalue weighted by Gasteiger charge is -2.23. The number of halogens is 3. The first kappa shape index (κ1) is 19.8. The molecule has 1 aromatic rings. The Kier molecular flexibility index (Phi) is 6.11. The summed E-state index contributed by atoms with van der Waals surface area (Å²) in [6.07, 6.45) is -2.07. The standard InChI is InChI=1S/C18H24F3N3O3/c1-2-22-17(24-14-9-13-7-8-16(14)26-13)23-10-15(25)11-3-5-12(6-4-11)27-18(19,20)21/h3-6,13-16,25H,2,7-10H2,1H3,(H2,22,23,24). The van der Waals surface area contributed by atoms with Crippen molar-refractivity contribution in [1.82, 2.24) is 10.6 Å². The number of guanidine groups is 1. The van der Waals surface area contributed by atoms with Crippen LogP contribution < -0.4 is 15.4 Å². The molecule has 4 atom stereocenters. The minimum absolute atomic E-state index is 0.0798. The quantitative estimate of drug-likeness (QED) is 0.517. The van der Waals surface area contributed by atoms with Crippen LogP contribution in [-0.2, 0) is 4.74 Å². The second-order valence-corrected chi connectivity index (χ2v) is 6.71. The Balaban J connectivity index is 1.56. The molecule has 3 N–H and O–H groups in total. The van der Waals surface area contributed by atoms with Gasteiger partial charge in [0.05, 0.1) is 30.9 Å². The van der Waals surface area contributed by atoms with E-state index in [1.807, 2.05) is 6.92 Å². The fraction of sp³-hybridized carbons (Fsp3) is 0.611. The van der Waals surface area contributed by atoms with Gasteiger partial charge < -0.3 is 25.2 Å². The molecule has 0 aromatic heterocycles. The lowest BCUT2D eigenvalue weighted by molar-refractivity contribution is -0.274. The largest absolute Gasteiger partial charge is 0.573 e. The predicted molar refractivity (Wildman–Crippen MR) is 93.5 cm³/mol. The van der Waals surface area contributed by atoms with Gasteiger partial charge in [-0.3, -0.25) is 4.99 Å². The van der Waals surface area contributed by atoms with E-state index in [1.165, 1.54) is 24.3 Å². The van der Waals surface area contributed by atoms with E-state index in [2.05, 4.69) is 20.4 Å². The molecule has 1 aromatic carbocycles. The lowest BCUT2D eigenvalue weighted by Crippen LogP contribution is -2.47. The van der Waals surface area contributed by atoms with Crippen molar-refractivity contribution in [2.75, 3.05) is 13.1 Å². The summed E-state index contributed by atoms with van der Waals surface area (Å²) in [5.74, 6) is 0.267. The van der Waals surface area contributed by atoms with Crippen LogP contribution in [0, 0.1) is 0 Å². The van der Waals surface area contributed by atoms with Crippen molar-refractivity contribution in [1.29, 1.82) is 0 Å². The van der Waals surface area contributed by atoms with E-state index < -0.39 is 12.5 Å². The second kappa shape index (κ2) is 8.35. The van der Waals surface area contributed by atoms with Crippen molar-refractivity contribution in [3.63, 3.8) is 0 Å². The molecular weight excluding hydrogens is 363 g/mol. The van der Waals surface area contributed by atoms with Gasteiger partial charge in [0.2, 0.25) is 0 Å². The number of alkyl halides is 3. The van der Waals surface area contributed by atoms with Gasteiger partial charge in [-0.1, -0.05) is 12.1 Å². The fourth-order valence-electron chi connectivity index (χ4n) is 3.46. The molecule has 3 rings (SSSR count). The molecule has 2 fully saturated rings. The summed E-state index contributed by atoms with van der Waals surface area (Å²) in [6.45, 7) is 2.70. The molecule has 0 aliphatic carbocycles. The Bertz CT molecular complexity index is 651. The van der Waals surface area contributed by atoms with Gasteiger partial charge >= 0.3 is 6.36 Å². The van der Waals surface area contributed by atoms with Crippen LogP contribution in [0.3, 0.4) is 0 Å². The molecule has 2 heterocycles. The van der Waals surface area contributed by atoms with Gasteiger partial charge in [-0.15, -0.1) is 13.2 Å². The summed E-state index contributed by atoms with van der Waals surface area (Å²) < 4.78 is 46.2. The average molecular weight is 387 g/mol. The van der Waals surface area contributed by atoms with Crippen molar-refractivity contribution in [2.24, 2.45) is 4.99 Å². The van der Waals surface area contributed by atoms with Gasteiger partial charge in [-0.25, -0.2) is 0 Å². The number of rotatable bonds is 6. The van der Waals surface area contributed by atoms with E-state index >= 15 is 0 Å². The minimum atomic E-state index is -4.74. The molecule has 0 saturated carbocycles. The maximum Gasteiger partial charge on any atom is 0.573 e. The van der Waals surface area contributed by atoms with Crippen molar-refractivity contribution in [3.8, 4) is 5.75 Å². The summed E-state index contributed by atoms with van der Waals surface area (Å²) in [6, 6.07) is 5.34. The smallest absolute Gasteiger partial charge is 0.406 e. The van der Waals surface area contributed by atoms with Crippen LogP contribution in [0.2, 0.25) is 0 Å². The Hall–Kier alpha value is -2.00. The summed E-state index contributed by atoms with van der Waals surface area (Å²) >= 11 is 0. The van der Waals surface area contributed by atoms with E-state index in [9.17, 15) is 18.3 Å². The number of ether oxygens (including phenoxy) is 2. The third-order valence-corrected chi connectivity index (χ3v) is 4.69. The molecular formula is C18H24F3N3O3. The molecule has 4 unspecified atom stereocenters.